The number of hydrogen-bond acceptors (Lipinski definition) is 3. The molecule has 0 aliphatic rings. The lowest BCUT2D eigenvalue weighted by molar-refractivity contribution is 0.0161. The zero-order chi connectivity index (χ0) is 7.98. The van der Waals surface area contributed by atoms with Gasteiger partial charge in [-0.25, -0.2) is 0 Å². The Labute approximate surface area is 62.1 Å². The van der Waals surface area contributed by atoms with E-state index in [1.807, 2.05) is 6.92 Å². The summed E-state index contributed by atoms with van der Waals surface area (Å²) in [5.74, 6) is 0. The van der Waals surface area contributed by atoms with Crippen molar-refractivity contribution in [2.75, 3.05) is 13.6 Å². The molecular weight excluding hydrogens is 130 g/mol. The molecule has 3 heteroatoms. The van der Waals surface area contributed by atoms with Gasteiger partial charge in [-0.15, -0.1) is 0 Å². The summed E-state index contributed by atoms with van der Waals surface area (Å²) in [4.78, 5) is 0. The van der Waals surface area contributed by atoms with E-state index in [1.165, 1.54) is 0 Å². The van der Waals surface area contributed by atoms with Gasteiger partial charge in [0.05, 0.1) is 12.2 Å². The van der Waals surface area contributed by atoms with Gasteiger partial charge in [0.15, 0.2) is 0 Å². The number of hydrogen-bond donors (Lipinski definition) is 3. The summed E-state index contributed by atoms with van der Waals surface area (Å²) in [7, 11) is 1.75. The van der Waals surface area contributed by atoms with E-state index in [0.717, 1.165) is 6.42 Å². The molecule has 0 saturated heterocycles. The molecule has 0 bridgehead atoms. The van der Waals surface area contributed by atoms with Crippen molar-refractivity contribution in [3.05, 3.63) is 0 Å². The van der Waals surface area contributed by atoms with Gasteiger partial charge in [0.25, 0.3) is 0 Å². The van der Waals surface area contributed by atoms with Crippen molar-refractivity contribution in [3.8, 4) is 0 Å². The highest BCUT2D eigenvalue weighted by Gasteiger charge is 2.12. The first-order valence-corrected chi connectivity index (χ1v) is 3.73. The molecule has 10 heavy (non-hydrogen) atoms. The van der Waals surface area contributed by atoms with Crippen molar-refractivity contribution in [1.82, 2.24) is 5.32 Å². The van der Waals surface area contributed by atoms with E-state index in [0.29, 0.717) is 13.0 Å². The third-order valence-electron chi connectivity index (χ3n) is 1.44. The minimum atomic E-state index is -0.620. The summed E-state index contributed by atoms with van der Waals surface area (Å²) in [5, 5.41) is 21.1. The Hall–Kier alpha value is -0.120. The summed E-state index contributed by atoms with van der Waals surface area (Å²) in [6.07, 6.45) is 0.382. The molecule has 0 aromatic rings. The van der Waals surface area contributed by atoms with Gasteiger partial charge in [-0.1, -0.05) is 13.3 Å². The average Bonchev–Trinajstić information content (AvgIpc) is 1.89. The largest absolute Gasteiger partial charge is 0.390 e. The molecule has 3 N–H and O–H groups in total. The fraction of sp³-hybridized carbons (Fsp3) is 1.00. The van der Waals surface area contributed by atoms with Crippen LogP contribution in [0.3, 0.4) is 0 Å². The molecule has 0 heterocycles. The predicted molar refractivity (Wildman–Crippen MR) is 40.8 cm³/mol. The van der Waals surface area contributed by atoms with Crippen LogP contribution in [0.4, 0.5) is 0 Å². The van der Waals surface area contributed by atoms with Gasteiger partial charge in [-0.05, 0) is 13.5 Å². The van der Waals surface area contributed by atoms with Crippen LogP contribution in [0.25, 0.3) is 0 Å². The molecule has 0 spiro atoms. The number of likely N-dealkylation sites (N-methyl/N-ethyl adjacent to an activating group) is 1. The molecule has 2 unspecified atom stereocenters. The van der Waals surface area contributed by atoms with Crippen LogP contribution in [-0.4, -0.2) is 36.0 Å². The van der Waals surface area contributed by atoms with Gasteiger partial charge in [-0.2, -0.15) is 0 Å². The molecule has 0 radical (unpaired) electrons. The molecule has 2 atom stereocenters. The Bertz CT molecular complexity index is 68.0. The first-order valence-electron chi connectivity index (χ1n) is 3.73. The Kier molecular flexibility index (Phi) is 5.58. The number of nitrogens with one attached hydrogen (secondary N) is 1. The summed E-state index contributed by atoms with van der Waals surface area (Å²) in [6, 6.07) is 0. The normalized spacial score (nSPS) is 16.8. The lowest BCUT2D eigenvalue weighted by Gasteiger charge is -2.15. The molecule has 3 nitrogen and oxygen atoms in total. The van der Waals surface area contributed by atoms with E-state index in [2.05, 4.69) is 5.32 Å². The standard InChI is InChI=1S/C7H17NO2/c1-3-4-6(9)7(10)5-8-2/h6-10H,3-5H2,1-2H3. The van der Waals surface area contributed by atoms with Crippen LogP contribution in [0.5, 0.6) is 0 Å². The number of aliphatic hydroxyl groups excluding tert-OH is 2. The SMILES string of the molecule is CCCC(O)C(O)CNC. The van der Waals surface area contributed by atoms with E-state index in [-0.39, 0.29) is 0 Å². The molecule has 62 valence electrons. The fourth-order valence-electron chi connectivity index (χ4n) is 0.833. The second-order valence-electron chi connectivity index (χ2n) is 2.48. The molecule has 0 amide bonds. The molecule has 0 fully saturated rings. The number of aliphatic hydroxyl groups is 2. The second kappa shape index (κ2) is 5.65. The summed E-state index contributed by atoms with van der Waals surface area (Å²) < 4.78 is 0. The van der Waals surface area contributed by atoms with Crippen LogP contribution in [0, 0.1) is 0 Å². The molecule has 0 aromatic carbocycles. The van der Waals surface area contributed by atoms with E-state index >= 15 is 0 Å². The zero-order valence-electron chi connectivity index (χ0n) is 6.67. The molecule has 0 aromatic heterocycles. The third-order valence-corrected chi connectivity index (χ3v) is 1.44. The quantitative estimate of drug-likeness (QED) is 0.501. The average molecular weight is 147 g/mol. The summed E-state index contributed by atoms with van der Waals surface area (Å²) in [5.41, 5.74) is 0. The highest BCUT2D eigenvalue weighted by molar-refractivity contribution is 4.67. The smallest absolute Gasteiger partial charge is 0.0922 e. The lowest BCUT2D eigenvalue weighted by atomic mass is 10.1. The second-order valence-corrected chi connectivity index (χ2v) is 2.48. The van der Waals surface area contributed by atoms with Crippen molar-refractivity contribution < 1.29 is 10.2 Å². The van der Waals surface area contributed by atoms with Crippen LogP contribution in [0.15, 0.2) is 0 Å². The van der Waals surface area contributed by atoms with Gasteiger partial charge in [0, 0.05) is 6.54 Å². The minimum Gasteiger partial charge on any atom is -0.390 e. The lowest BCUT2D eigenvalue weighted by Crippen LogP contribution is -2.34. The van der Waals surface area contributed by atoms with Crippen LogP contribution >= 0.6 is 0 Å². The van der Waals surface area contributed by atoms with Crippen molar-refractivity contribution in [1.29, 1.82) is 0 Å². The minimum absolute atomic E-state index is 0.459. The van der Waals surface area contributed by atoms with Crippen molar-refractivity contribution >= 4 is 0 Å². The summed E-state index contributed by atoms with van der Waals surface area (Å²) in [6.45, 7) is 2.44. The Morgan fingerprint density at radius 3 is 2.30 bits per heavy atom. The topological polar surface area (TPSA) is 52.5 Å². The summed E-state index contributed by atoms with van der Waals surface area (Å²) >= 11 is 0. The van der Waals surface area contributed by atoms with E-state index in [1.54, 1.807) is 7.05 Å². The van der Waals surface area contributed by atoms with Crippen LogP contribution < -0.4 is 5.32 Å². The molecule has 0 aliphatic heterocycles. The molecule has 0 rings (SSSR count). The van der Waals surface area contributed by atoms with Gasteiger partial charge < -0.3 is 15.5 Å². The monoisotopic (exact) mass is 147 g/mol. The highest BCUT2D eigenvalue weighted by atomic mass is 16.3. The van der Waals surface area contributed by atoms with Crippen LogP contribution in [0.1, 0.15) is 19.8 Å². The van der Waals surface area contributed by atoms with E-state index in [4.69, 9.17) is 10.2 Å². The van der Waals surface area contributed by atoms with Crippen molar-refractivity contribution in [2.24, 2.45) is 0 Å². The van der Waals surface area contributed by atoms with Crippen LogP contribution in [-0.2, 0) is 0 Å². The molecular formula is C7H17NO2. The maximum absolute atomic E-state index is 9.16. The maximum atomic E-state index is 9.16. The first kappa shape index (κ1) is 9.88. The molecule has 0 aliphatic carbocycles. The van der Waals surface area contributed by atoms with Gasteiger partial charge in [0.1, 0.15) is 0 Å². The number of rotatable bonds is 5. The van der Waals surface area contributed by atoms with E-state index in [9.17, 15) is 0 Å². The van der Waals surface area contributed by atoms with Crippen molar-refractivity contribution in [3.63, 3.8) is 0 Å². The third kappa shape index (κ3) is 3.82. The fourth-order valence-corrected chi connectivity index (χ4v) is 0.833. The van der Waals surface area contributed by atoms with E-state index < -0.39 is 12.2 Å². The zero-order valence-corrected chi connectivity index (χ0v) is 6.67. The Morgan fingerprint density at radius 1 is 1.30 bits per heavy atom. The molecule has 0 saturated carbocycles. The van der Waals surface area contributed by atoms with Gasteiger partial charge in [0.2, 0.25) is 0 Å². The Balaban J connectivity index is 3.38. The van der Waals surface area contributed by atoms with Gasteiger partial charge >= 0.3 is 0 Å². The van der Waals surface area contributed by atoms with Gasteiger partial charge in [-0.3, -0.25) is 0 Å². The maximum Gasteiger partial charge on any atom is 0.0922 e. The van der Waals surface area contributed by atoms with Crippen molar-refractivity contribution in [2.45, 2.75) is 32.0 Å². The van der Waals surface area contributed by atoms with Crippen LogP contribution in [0.2, 0.25) is 0 Å². The predicted octanol–water partition coefficient (Wildman–Crippen LogP) is -0.272. The highest BCUT2D eigenvalue weighted by Crippen LogP contribution is 2.00. The first-order chi connectivity index (χ1) is 4.72. The Morgan fingerprint density at radius 2 is 1.90 bits per heavy atom.